The molecule has 92 valence electrons. The van der Waals surface area contributed by atoms with E-state index in [4.69, 9.17) is 11.6 Å². The molecule has 3 nitrogen and oxygen atoms in total. The average Bonchev–Trinajstić information content (AvgIpc) is 2.38. The number of nitrogens with one attached hydrogen (secondary N) is 1. The Labute approximate surface area is 111 Å². The molecule has 0 heterocycles. The third-order valence-corrected chi connectivity index (χ3v) is 2.83. The standard InChI is InChI=1S/C14H13ClN2O/c1-10(11-6-8-12(18)9-7-11)16-17-14-5-3-2-4-13(14)15/h2-9,17-18H,1H3. The summed E-state index contributed by atoms with van der Waals surface area (Å²) in [5.41, 5.74) is 5.43. The summed E-state index contributed by atoms with van der Waals surface area (Å²) in [6.07, 6.45) is 0. The molecule has 18 heavy (non-hydrogen) atoms. The van der Waals surface area contributed by atoms with Gasteiger partial charge in [-0.2, -0.15) is 5.10 Å². The van der Waals surface area contributed by atoms with Gasteiger partial charge in [-0.25, -0.2) is 0 Å². The Bertz CT molecular complexity index is 564. The van der Waals surface area contributed by atoms with Crippen LogP contribution in [0.2, 0.25) is 5.02 Å². The van der Waals surface area contributed by atoms with Gasteiger partial charge in [-0.3, -0.25) is 5.43 Å². The molecular formula is C14H13ClN2O. The quantitative estimate of drug-likeness (QED) is 0.650. The molecule has 0 unspecified atom stereocenters. The number of hydrazone groups is 1. The molecule has 0 aliphatic carbocycles. The summed E-state index contributed by atoms with van der Waals surface area (Å²) in [5.74, 6) is 0.241. The zero-order valence-corrected chi connectivity index (χ0v) is 10.6. The lowest BCUT2D eigenvalue weighted by Crippen LogP contribution is -1.99. The van der Waals surface area contributed by atoms with Gasteiger partial charge in [0.05, 0.1) is 16.4 Å². The Hall–Kier alpha value is -2.00. The first-order chi connectivity index (χ1) is 8.66. The monoisotopic (exact) mass is 260 g/mol. The highest BCUT2D eigenvalue weighted by Gasteiger charge is 1.99. The van der Waals surface area contributed by atoms with Gasteiger partial charge in [0, 0.05) is 0 Å². The molecule has 0 bridgehead atoms. The van der Waals surface area contributed by atoms with Gasteiger partial charge in [0.1, 0.15) is 5.75 Å². The Morgan fingerprint density at radius 1 is 1.11 bits per heavy atom. The third kappa shape index (κ3) is 3.02. The fourth-order valence-electron chi connectivity index (χ4n) is 1.46. The van der Waals surface area contributed by atoms with Crippen LogP contribution in [0, 0.1) is 0 Å². The Morgan fingerprint density at radius 3 is 2.44 bits per heavy atom. The highest BCUT2D eigenvalue weighted by atomic mass is 35.5. The van der Waals surface area contributed by atoms with Gasteiger partial charge >= 0.3 is 0 Å². The van der Waals surface area contributed by atoms with E-state index in [1.54, 1.807) is 18.2 Å². The summed E-state index contributed by atoms with van der Waals surface area (Å²) in [5, 5.41) is 14.1. The lowest BCUT2D eigenvalue weighted by molar-refractivity contribution is 0.475. The van der Waals surface area contributed by atoms with Crippen LogP contribution in [-0.4, -0.2) is 10.8 Å². The molecule has 0 aliphatic rings. The molecule has 2 N–H and O–H groups in total. The molecule has 0 aliphatic heterocycles. The Morgan fingerprint density at radius 2 is 1.78 bits per heavy atom. The van der Waals surface area contributed by atoms with E-state index in [0.717, 1.165) is 17.0 Å². The number of aromatic hydroxyl groups is 1. The normalized spacial score (nSPS) is 11.3. The van der Waals surface area contributed by atoms with Crippen molar-refractivity contribution in [3.05, 3.63) is 59.1 Å². The lowest BCUT2D eigenvalue weighted by atomic mass is 10.1. The summed E-state index contributed by atoms with van der Waals surface area (Å²) in [6.45, 7) is 1.89. The van der Waals surface area contributed by atoms with E-state index in [9.17, 15) is 5.11 Å². The van der Waals surface area contributed by atoms with Crippen molar-refractivity contribution in [1.29, 1.82) is 0 Å². The summed E-state index contributed by atoms with van der Waals surface area (Å²) in [6, 6.07) is 14.3. The van der Waals surface area contributed by atoms with Crippen LogP contribution in [0.15, 0.2) is 53.6 Å². The van der Waals surface area contributed by atoms with Crippen LogP contribution >= 0.6 is 11.6 Å². The van der Waals surface area contributed by atoms with Crippen LogP contribution in [0.4, 0.5) is 5.69 Å². The Balaban J connectivity index is 2.14. The summed E-state index contributed by atoms with van der Waals surface area (Å²) in [7, 11) is 0. The van der Waals surface area contributed by atoms with Crippen LogP contribution < -0.4 is 5.43 Å². The van der Waals surface area contributed by atoms with Crippen LogP contribution in [-0.2, 0) is 0 Å². The molecule has 4 heteroatoms. The Kier molecular flexibility index (Phi) is 3.85. The minimum atomic E-state index is 0.241. The number of hydrogen-bond acceptors (Lipinski definition) is 3. The first-order valence-corrected chi connectivity index (χ1v) is 5.89. The average molecular weight is 261 g/mol. The maximum Gasteiger partial charge on any atom is 0.115 e. The van der Waals surface area contributed by atoms with Crippen molar-refractivity contribution in [2.45, 2.75) is 6.92 Å². The van der Waals surface area contributed by atoms with Crippen molar-refractivity contribution in [3.8, 4) is 5.75 Å². The van der Waals surface area contributed by atoms with Gasteiger partial charge in [0.15, 0.2) is 0 Å². The van der Waals surface area contributed by atoms with Crippen molar-refractivity contribution >= 4 is 23.0 Å². The van der Waals surface area contributed by atoms with Crippen LogP contribution in [0.5, 0.6) is 5.75 Å². The number of hydrogen-bond donors (Lipinski definition) is 2. The predicted octanol–water partition coefficient (Wildman–Crippen LogP) is 3.88. The number of phenols is 1. The van der Waals surface area contributed by atoms with Crippen LogP contribution in [0.1, 0.15) is 12.5 Å². The van der Waals surface area contributed by atoms with Crippen molar-refractivity contribution in [1.82, 2.24) is 0 Å². The zero-order valence-electron chi connectivity index (χ0n) is 9.89. The van der Waals surface area contributed by atoms with E-state index in [2.05, 4.69) is 10.5 Å². The topological polar surface area (TPSA) is 44.6 Å². The van der Waals surface area contributed by atoms with Gasteiger partial charge in [-0.15, -0.1) is 0 Å². The van der Waals surface area contributed by atoms with Crippen LogP contribution in [0.25, 0.3) is 0 Å². The number of anilines is 1. The summed E-state index contributed by atoms with van der Waals surface area (Å²) < 4.78 is 0. The first kappa shape index (κ1) is 12.5. The minimum absolute atomic E-state index is 0.241. The lowest BCUT2D eigenvalue weighted by Gasteiger charge is -2.05. The molecule has 0 radical (unpaired) electrons. The molecule has 0 amide bonds. The fraction of sp³-hybridized carbons (Fsp3) is 0.0714. The fourth-order valence-corrected chi connectivity index (χ4v) is 1.64. The number of halogens is 1. The smallest absolute Gasteiger partial charge is 0.115 e. The minimum Gasteiger partial charge on any atom is -0.508 e. The molecule has 0 saturated heterocycles. The molecule has 2 rings (SSSR count). The van der Waals surface area contributed by atoms with E-state index in [0.29, 0.717) is 5.02 Å². The van der Waals surface area contributed by atoms with Crippen molar-refractivity contribution in [2.75, 3.05) is 5.43 Å². The highest BCUT2D eigenvalue weighted by Crippen LogP contribution is 2.20. The zero-order chi connectivity index (χ0) is 13.0. The summed E-state index contributed by atoms with van der Waals surface area (Å²) in [4.78, 5) is 0. The van der Waals surface area contributed by atoms with E-state index in [1.165, 1.54) is 0 Å². The summed E-state index contributed by atoms with van der Waals surface area (Å²) >= 11 is 6.01. The molecule has 0 saturated carbocycles. The second-order valence-electron chi connectivity index (χ2n) is 3.84. The number of para-hydroxylation sites is 1. The molecule has 0 aromatic heterocycles. The van der Waals surface area contributed by atoms with E-state index in [1.807, 2.05) is 37.3 Å². The number of nitrogens with zero attached hydrogens (tertiary/aromatic N) is 1. The van der Waals surface area contributed by atoms with Gasteiger partial charge in [0.25, 0.3) is 0 Å². The molecule has 2 aromatic rings. The molecule has 2 aromatic carbocycles. The SMILES string of the molecule is CC(=NNc1ccccc1Cl)c1ccc(O)cc1. The van der Waals surface area contributed by atoms with E-state index >= 15 is 0 Å². The first-order valence-electron chi connectivity index (χ1n) is 5.51. The van der Waals surface area contributed by atoms with E-state index in [-0.39, 0.29) is 5.75 Å². The second-order valence-corrected chi connectivity index (χ2v) is 4.24. The highest BCUT2D eigenvalue weighted by molar-refractivity contribution is 6.33. The molecule has 0 fully saturated rings. The maximum absolute atomic E-state index is 9.21. The number of phenolic OH excluding ortho intramolecular Hbond substituents is 1. The van der Waals surface area contributed by atoms with Crippen LogP contribution in [0.3, 0.4) is 0 Å². The molecular weight excluding hydrogens is 248 g/mol. The van der Waals surface area contributed by atoms with Crippen molar-refractivity contribution in [2.24, 2.45) is 5.10 Å². The van der Waals surface area contributed by atoms with Gasteiger partial charge < -0.3 is 5.11 Å². The van der Waals surface area contributed by atoms with Crippen molar-refractivity contribution in [3.63, 3.8) is 0 Å². The van der Waals surface area contributed by atoms with Gasteiger partial charge in [-0.1, -0.05) is 23.7 Å². The predicted molar refractivity (Wildman–Crippen MR) is 75.4 cm³/mol. The third-order valence-electron chi connectivity index (χ3n) is 2.50. The van der Waals surface area contributed by atoms with Gasteiger partial charge in [0.2, 0.25) is 0 Å². The second kappa shape index (κ2) is 5.56. The van der Waals surface area contributed by atoms with E-state index < -0.39 is 0 Å². The number of rotatable bonds is 3. The molecule has 0 atom stereocenters. The largest absolute Gasteiger partial charge is 0.508 e. The van der Waals surface area contributed by atoms with Gasteiger partial charge in [-0.05, 0) is 48.9 Å². The number of benzene rings is 2. The van der Waals surface area contributed by atoms with Crippen molar-refractivity contribution < 1.29 is 5.11 Å². The maximum atomic E-state index is 9.21. The molecule has 0 spiro atoms.